The summed E-state index contributed by atoms with van der Waals surface area (Å²) in [7, 11) is 0. The lowest BCUT2D eigenvalue weighted by Gasteiger charge is -2.17. The number of hydrogen-bond donors (Lipinski definition) is 3. The van der Waals surface area contributed by atoms with Gasteiger partial charge in [-0.15, -0.1) is 0 Å². The van der Waals surface area contributed by atoms with E-state index in [1.54, 1.807) is 32.1 Å². The second kappa shape index (κ2) is 8.29. The second-order valence-corrected chi connectivity index (χ2v) is 6.54. The van der Waals surface area contributed by atoms with Crippen LogP contribution in [0.3, 0.4) is 0 Å². The Morgan fingerprint density at radius 3 is 2.42 bits per heavy atom. The highest BCUT2D eigenvalue weighted by atomic mass is 16.5. The summed E-state index contributed by atoms with van der Waals surface area (Å²) in [6, 6.07) is 1.74. The predicted octanol–water partition coefficient (Wildman–Crippen LogP) is 2.21. The molecule has 1 heterocycles. The summed E-state index contributed by atoms with van der Waals surface area (Å²) in [5.41, 5.74) is 1.89. The number of rotatable bonds is 0. The van der Waals surface area contributed by atoms with Gasteiger partial charge in [-0.05, 0) is 50.0 Å². The minimum atomic E-state index is -1.52. The molecule has 2 rings (SSSR count). The second-order valence-electron chi connectivity index (χ2n) is 6.54. The van der Waals surface area contributed by atoms with Crippen molar-refractivity contribution in [1.82, 2.24) is 0 Å². The highest BCUT2D eigenvalue weighted by molar-refractivity contribution is 5.97. The molecular weight excluding hydrogens is 336 g/mol. The largest absolute Gasteiger partial charge is 0.507 e. The molecule has 3 atom stereocenters. The molecule has 0 unspecified atom stereocenters. The van der Waals surface area contributed by atoms with Crippen LogP contribution in [0.4, 0.5) is 0 Å². The molecule has 140 valence electrons. The van der Waals surface area contributed by atoms with Gasteiger partial charge in [-0.2, -0.15) is 0 Å². The van der Waals surface area contributed by atoms with Gasteiger partial charge in [0.15, 0.2) is 5.78 Å². The Balaban J connectivity index is 2.49. The number of aliphatic hydroxyl groups is 2. The Hall–Kier alpha value is -2.44. The van der Waals surface area contributed by atoms with Gasteiger partial charge in [0.2, 0.25) is 0 Å². The third-order valence-corrected chi connectivity index (χ3v) is 4.44. The first kappa shape index (κ1) is 19.9. The van der Waals surface area contributed by atoms with E-state index in [9.17, 15) is 24.9 Å². The van der Waals surface area contributed by atoms with E-state index in [4.69, 9.17) is 4.74 Å². The lowest BCUT2D eigenvalue weighted by Crippen LogP contribution is -2.32. The number of phenolic OH excluding ortho intramolecular Hbond substituents is 1. The molecule has 1 aromatic carbocycles. The Morgan fingerprint density at radius 2 is 1.73 bits per heavy atom. The summed E-state index contributed by atoms with van der Waals surface area (Å²) in [6.45, 7) is 5.19. The van der Waals surface area contributed by atoms with Crippen molar-refractivity contribution in [3.8, 4) is 5.75 Å². The molecule has 26 heavy (non-hydrogen) atoms. The van der Waals surface area contributed by atoms with E-state index in [0.29, 0.717) is 11.1 Å². The number of carbonyl (C=O) groups is 2. The summed E-state index contributed by atoms with van der Waals surface area (Å²) in [5.74, 6) is -1.40. The van der Waals surface area contributed by atoms with Crippen LogP contribution in [0.2, 0.25) is 0 Å². The van der Waals surface area contributed by atoms with Crippen LogP contribution in [0.5, 0.6) is 5.75 Å². The molecule has 0 fully saturated rings. The molecule has 0 spiro atoms. The van der Waals surface area contributed by atoms with Crippen LogP contribution in [-0.2, 0) is 9.53 Å². The minimum Gasteiger partial charge on any atom is -0.507 e. The SMILES string of the molecule is Cc1cc2c(c(O)c1C)C(=O)O[C@@H](C)C/C=C\C(=O)[C@@H](O)[C@@H](O)C/C=C/2. The highest BCUT2D eigenvalue weighted by Crippen LogP contribution is 2.31. The zero-order chi connectivity index (χ0) is 19.4. The Bertz CT molecular complexity index is 762. The van der Waals surface area contributed by atoms with E-state index < -0.39 is 30.1 Å². The van der Waals surface area contributed by atoms with Gasteiger partial charge in [-0.1, -0.05) is 24.3 Å². The lowest BCUT2D eigenvalue weighted by molar-refractivity contribution is -0.127. The van der Waals surface area contributed by atoms with Gasteiger partial charge in [0, 0.05) is 6.42 Å². The maximum atomic E-state index is 12.6. The smallest absolute Gasteiger partial charge is 0.342 e. The molecule has 1 aromatic rings. The average Bonchev–Trinajstić information content (AvgIpc) is 2.57. The number of phenols is 1. The van der Waals surface area contributed by atoms with Gasteiger partial charge in [0.05, 0.1) is 6.10 Å². The van der Waals surface area contributed by atoms with Gasteiger partial charge >= 0.3 is 5.97 Å². The van der Waals surface area contributed by atoms with Crippen LogP contribution >= 0.6 is 0 Å². The molecular formula is C20H24O6. The van der Waals surface area contributed by atoms with Crippen molar-refractivity contribution >= 4 is 17.8 Å². The van der Waals surface area contributed by atoms with E-state index in [-0.39, 0.29) is 24.2 Å². The number of aromatic hydroxyl groups is 1. The fourth-order valence-electron chi connectivity index (χ4n) is 2.69. The number of aliphatic hydroxyl groups excluding tert-OH is 2. The van der Waals surface area contributed by atoms with Crippen LogP contribution in [0.25, 0.3) is 6.08 Å². The number of carbonyl (C=O) groups excluding carboxylic acids is 2. The molecule has 0 amide bonds. The standard InChI is InChI=1S/C20H24O6/c1-11-10-14-7-5-9-16(22)19(24)15(21)8-4-6-12(2)26-20(25)17(14)18(23)13(11)3/h4-5,7-8,10,12,16,19,22-24H,6,9H2,1-3H3/b7-5+,8-4-/t12-,16-,19+/m0/s1. The molecule has 6 heteroatoms. The zero-order valence-electron chi connectivity index (χ0n) is 15.1. The molecule has 0 aliphatic carbocycles. The first-order valence-electron chi connectivity index (χ1n) is 8.49. The number of ether oxygens (including phenoxy) is 1. The molecule has 0 radical (unpaired) electrons. The fourth-order valence-corrected chi connectivity index (χ4v) is 2.69. The summed E-state index contributed by atoms with van der Waals surface area (Å²) < 4.78 is 5.37. The van der Waals surface area contributed by atoms with E-state index in [0.717, 1.165) is 5.56 Å². The Morgan fingerprint density at radius 1 is 1.08 bits per heavy atom. The first-order chi connectivity index (χ1) is 12.2. The van der Waals surface area contributed by atoms with Gasteiger partial charge in [-0.25, -0.2) is 4.79 Å². The summed E-state index contributed by atoms with van der Waals surface area (Å²) in [5, 5.41) is 30.3. The van der Waals surface area contributed by atoms with Crippen molar-refractivity contribution in [3.63, 3.8) is 0 Å². The molecule has 6 nitrogen and oxygen atoms in total. The van der Waals surface area contributed by atoms with Crippen molar-refractivity contribution in [3.05, 3.63) is 46.5 Å². The minimum absolute atomic E-state index is 0.0132. The van der Waals surface area contributed by atoms with Crippen molar-refractivity contribution in [2.45, 2.75) is 51.9 Å². The quantitative estimate of drug-likeness (QED) is 0.613. The normalized spacial score (nSPS) is 27.2. The first-order valence-corrected chi connectivity index (χ1v) is 8.49. The van der Waals surface area contributed by atoms with Crippen LogP contribution in [-0.4, -0.2) is 45.4 Å². The molecule has 0 aromatic heterocycles. The number of ketones is 1. The lowest BCUT2D eigenvalue weighted by atomic mass is 9.97. The van der Waals surface area contributed by atoms with Crippen molar-refractivity contribution in [2.24, 2.45) is 0 Å². The third-order valence-electron chi connectivity index (χ3n) is 4.44. The Labute approximate surface area is 152 Å². The summed E-state index contributed by atoms with van der Waals surface area (Å²) in [4.78, 5) is 24.4. The van der Waals surface area contributed by atoms with E-state index >= 15 is 0 Å². The van der Waals surface area contributed by atoms with Gasteiger partial charge in [0.25, 0.3) is 0 Å². The monoisotopic (exact) mass is 360 g/mol. The molecule has 0 saturated carbocycles. The van der Waals surface area contributed by atoms with Gasteiger partial charge in [0.1, 0.15) is 23.5 Å². The topological polar surface area (TPSA) is 104 Å². The number of cyclic esters (lactones) is 1. The van der Waals surface area contributed by atoms with Crippen LogP contribution in [0.1, 0.15) is 46.8 Å². The van der Waals surface area contributed by atoms with Crippen molar-refractivity contribution in [1.29, 1.82) is 0 Å². The maximum absolute atomic E-state index is 12.6. The summed E-state index contributed by atoms with van der Waals surface area (Å²) >= 11 is 0. The number of aryl methyl sites for hydroxylation is 1. The number of fused-ring (bicyclic) bond motifs is 1. The van der Waals surface area contributed by atoms with Crippen molar-refractivity contribution < 1.29 is 29.6 Å². The molecule has 0 saturated heterocycles. The van der Waals surface area contributed by atoms with Crippen LogP contribution < -0.4 is 0 Å². The number of benzene rings is 1. The number of hydrogen-bond acceptors (Lipinski definition) is 6. The van der Waals surface area contributed by atoms with Gasteiger partial charge in [-0.3, -0.25) is 4.79 Å². The molecule has 1 aliphatic rings. The Kier molecular flexibility index (Phi) is 6.34. The predicted molar refractivity (Wildman–Crippen MR) is 96.9 cm³/mol. The molecule has 1 aliphatic heterocycles. The van der Waals surface area contributed by atoms with Crippen molar-refractivity contribution in [2.75, 3.05) is 0 Å². The van der Waals surface area contributed by atoms with Crippen LogP contribution in [0.15, 0.2) is 24.3 Å². The number of esters is 1. The summed E-state index contributed by atoms with van der Waals surface area (Å²) in [6.07, 6.45) is 2.72. The van der Waals surface area contributed by atoms with Crippen LogP contribution in [0, 0.1) is 13.8 Å². The molecule has 3 N–H and O–H groups in total. The average molecular weight is 360 g/mol. The van der Waals surface area contributed by atoms with E-state index in [1.807, 2.05) is 6.92 Å². The fraction of sp³-hybridized carbons (Fsp3) is 0.400. The molecule has 0 bridgehead atoms. The highest BCUT2D eigenvalue weighted by Gasteiger charge is 2.24. The maximum Gasteiger partial charge on any atom is 0.342 e. The van der Waals surface area contributed by atoms with E-state index in [2.05, 4.69) is 0 Å². The zero-order valence-corrected chi connectivity index (χ0v) is 15.1. The third kappa shape index (κ3) is 4.39. The van der Waals surface area contributed by atoms with Gasteiger partial charge < -0.3 is 20.1 Å². The van der Waals surface area contributed by atoms with E-state index in [1.165, 1.54) is 12.2 Å².